The molecule has 0 spiro atoms. The number of hydrazone groups is 1. The Bertz CT molecular complexity index is 752. The Morgan fingerprint density at radius 2 is 2.08 bits per heavy atom. The van der Waals surface area contributed by atoms with Crippen molar-refractivity contribution in [3.05, 3.63) is 57.8 Å². The van der Waals surface area contributed by atoms with Crippen LogP contribution in [0.4, 0.5) is 17.2 Å². The van der Waals surface area contributed by atoms with Gasteiger partial charge >= 0.3 is 0 Å². The van der Waals surface area contributed by atoms with E-state index in [1.165, 1.54) is 36.9 Å². The molecule has 1 N–H and O–H groups in total. The fraction of sp³-hybridized carbons (Fsp3) is 0.294. The van der Waals surface area contributed by atoms with Gasteiger partial charge in [0.15, 0.2) is 0 Å². The summed E-state index contributed by atoms with van der Waals surface area (Å²) in [5.41, 5.74) is 6.17. The molecule has 1 aromatic carbocycles. The summed E-state index contributed by atoms with van der Waals surface area (Å²) in [7, 11) is 0. The largest absolute Gasteiger partial charge is 0.372 e. The van der Waals surface area contributed by atoms with Crippen LogP contribution in [0, 0.1) is 17.0 Å². The van der Waals surface area contributed by atoms with Crippen LogP contribution in [0.3, 0.4) is 0 Å². The summed E-state index contributed by atoms with van der Waals surface area (Å²) >= 11 is 0. The van der Waals surface area contributed by atoms with Crippen molar-refractivity contribution in [1.82, 2.24) is 4.98 Å². The minimum atomic E-state index is -0.481. The molecule has 2 aromatic rings. The Labute approximate surface area is 140 Å². The molecule has 1 saturated heterocycles. The molecule has 124 valence electrons. The molecular formula is C17H19N5O2. The average molecular weight is 325 g/mol. The van der Waals surface area contributed by atoms with Crippen molar-refractivity contribution in [2.45, 2.75) is 19.8 Å². The minimum Gasteiger partial charge on any atom is -0.372 e. The highest BCUT2D eigenvalue weighted by molar-refractivity contribution is 5.83. The molecule has 2 heterocycles. The molecule has 1 aliphatic rings. The lowest BCUT2D eigenvalue weighted by Gasteiger charge is -2.18. The van der Waals surface area contributed by atoms with Gasteiger partial charge < -0.3 is 4.90 Å². The van der Waals surface area contributed by atoms with Gasteiger partial charge in [0.05, 0.1) is 11.1 Å². The Kier molecular flexibility index (Phi) is 4.69. The van der Waals surface area contributed by atoms with Crippen molar-refractivity contribution >= 4 is 23.4 Å². The van der Waals surface area contributed by atoms with Gasteiger partial charge in [-0.05, 0) is 49.1 Å². The minimum absolute atomic E-state index is 0.0436. The van der Waals surface area contributed by atoms with Crippen molar-refractivity contribution in [2.24, 2.45) is 5.10 Å². The number of nitrogens with zero attached hydrogens (tertiary/aromatic N) is 4. The van der Waals surface area contributed by atoms with E-state index in [0.29, 0.717) is 5.82 Å². The van der Waals surface area contributed by atoms with Gasteiger partial charge in [-0.2, -0.15) is 5.10 Å². The third kappa shape index (κ3) is 3.68. The quantitative estimate of drug-likeness (QED) is 0.518. The summed E-state index contributed by atoms with van der Waals surface area (Å²) in [6.45, 7) is 4.31. The number of rotatable bonds is 5. The van der Waals surface area contributed by atoms with Crippen molar-refractivity contribution in [3.8, 4) is 0 Å². The summed E-state index contributed by atoms with van der Waals surface area (Å²) in [5.74, 6) is 0.461. The van der Waals surface area contributed by atoms with Crippen LogP contribution in [-0.4, -0.2) is 29.2 Å². The molecule has 1 fully saturated rings. The second-order valence-electron chi connectivity index (χ2n) is 5.76. The second-order valence-corrected chi connectivity index (χ2v) is 5.76. The van der Waals surface area contributed by atoms with E-state index in [0.717, 1.165) is 24.2 Å². The number of nitro groups is 1. The van der Waals surface area contributed by atoms with Crippen LogP contribution in [0.2, 0.25) is 0 Å². The standard InChI is InChI=1S/C17H19N5O2/c1-13-10-15(21-8-2-3-9-21)5-4-14(13)11-19-20-17-7-6-16(12-18-17)22(23)24/h4-7,10-12H,2-3,8-9H2,1H3,(H,18,20)/b19-11-. The maximum Gasteiger partial charge on any atom is 0.287 e. The van der Waals surface area contributed by atoms with Crippen molar-refractivity contribution in [3.63, 3.8) is 0 Å². The van der Waals surface area contributed by atoms with Gasteiger partial charge in [0.1, 0.15) is 12.0 Å². The zero-order valence-corrected chi connectivity index (χ0v) is 13.5. The lowest BCUT2D eigenvalue weighted by molar-refractivity contribution is -0.385. The van der Waals surface area contributed by atoms with E-state index < -0.39 is 4.92 Å². The molecule has 0 saturated carbocycles. The highest BCUT2D eigenvalue weighted by Gasteiger charge is 2.12. The molecular weight excluding hydrogens is 306 g/mol. The molecule has 0 bridgehead atoms. The molecule has 0 radical (unpaired) electrons. The van der Waals surface area contributed by atoms with Crippen LogP contribution in [0.1, 0.15) is 24.0 Å². The first-order valence-corrected chi connectivity index (χ1v) is 7.88. The van der Waals surface area contributed by atoms with Crippen molar-refractivity contribution < 1.29 is 4.92 Å². The van der Waals surface area contributed by atoms with Crippen LogP contribution in [-0.2, 0) is 0 Å². The molecule has 0 amide bonds. The molecule has 1 aliphatic heterocycles. The van der Waals surface area contributed by atoms with Crippen molar-refractivity contribution in [1.29, 1.82) is 0 Å². The number of hydrogen-bond acceptors (Lipinski definition) is 6. The highest BCUT2D eigenvalue weighted by atomic mass is 16.6. The van der Waals surface area contributed by atoms with Crippen LogP contribution in [0.15, 0.2) is 41.6 Å². The average Bonchev–Trinajstić information content (AvgIpc) is 3.11. The molecule has 1 aromatic heterocycles. The van der Waals surface area contributed by atoms with E-state index in [1.807, 2.05) is 0 Å². The van der Waals surface area contributed by atoms with Crippen LogP contribution in [0.25, 0.3) is 0 Å². The zero-order valence-electron chi connectivity index (χ0n) is 13.5. The fourth-order valence-corrected chi connectivity index (χ4v) is 2.70. The van der Waals surface area contributed by atoms with E-state index in [2.05, 4.69) is 45.5 Å². The Morgan fingerprint density at radius 3 is 2.71 bits per heavy atom. The summed E-state index contributed by atoms with van der Waals surface area (Å²) in [6.07, 6.45) is 5.45. The normalized spacial score (nSPS) is 14.3. The van der Waals surface area contributed by atoms with Crippen molar-refractivity contribution in [2.75, 3.05) is 23.4 Å². The highest BCUT2D eigenvalue weighted by Crippen LogP contribution is 2.22. The number of hydrogen-bond donors (Lipinski definition) is 1. The van der Waals surface area contributed by atoms with E-state index >= 15 is 0 Å². The smallest absolute Gasteiger partial charge is 0.287 e. The first-order valence-electron chi connectivity index (χ1n) is 7.88. The Hall–Kier alpha value is -2.96. The molecule has 0 unspecified atom stereocenters. The van der Waals surface area contributed by atoms with Gasteiger partial charge in [0, 0.05) is 24.8 Å². The predicted molar refractivity (Wildman–Crippen MR) is 94.7 cm³/mol. The number of pyridine rings is 1. The van der Waals surface area contributed by atoms with Gasteiger partial charge in [-0.25, -0.2) is 4.98 Å². The van der Waals surface area contributed by atoms with Crippen LogP contribution in [0.5, 0.6) is 0 Å². The van der Waals surface area contributed by atoms with Gasteiger partial charge in [0.2, 0.25) is 0 Å². The van der Waals surface area contributed by atoms with Gasteiger partial charge in [-0.1, -0.05) is 6.07 Å². The molecule has 0 atom stereocenters. The number of aromatic nitrogens is 1. The maximum atomic E-state index is 10.6. The maximum absolute atomic E-state index is 10.6. The molecule has 7 heteroatoms. The predicted octanol–water partition coefficient (Wildman–Crippen LogP) is 3.34. The van der Waals surface area contributed by atoms with E-state index in [1.54, 1.807) is 6.21 Å². The summed E-state index contributed by atoms with van der Waals surface area (Å²) in [5, 5.41) is 14.7. The first-order chi connectivity index (χ1) is 11.6. The summed E-state index contributed by atoms with van der Waals surface area (Å²) in [4.78, 5) is 16.4. The summed E-state index contributed by atoms with van der Waals surface area (Å²) in [6, 6.07) is 9.26. The molecule has 0 aliphatic carbocycles. The number of aryl methyl sites for hydroxylation is 1. The van der Waals surface area contributed by atoms with Crippen LogP contribution < -0.4 is 10.3 Å². The first kappa shape index (κ1) is 15.9. The molecule has 7 nitrogen and oxygen atoms in total. The third-order valence-electron chi connectivity index (χ3n) is 4.07. The lowest BCUT2D eigenvalue weighted by atomic mass is 10.1. The van der Waals surface area contributed by atoms with E-state index in [-0.39, 0.29) is 5.69 Å². The Balaban J connectivity index is 1.64. The molecule has 24 heavy (non-hydrogen) atoms. The van der Waals surface area contributed by atoms with E-state index in [9.17, 15) is 10.1 Å². The lowest BCUT2D eigenvalue weighted by Crippen LogP contribution is -2.17. The fourth-order valence-electron chi connectivity index (χ4n) is 2.70. The van der Waals surface area contributed by atoms with Gasteiger partial charge in [0.25, 0.3) is 5.69 Å². The third-order valence-corrected chi connectivity index (χ3v) is 4.07. The molecule has 3 rings (SSSR count). The van der Waals surface area contributed by atoms with E-state index in [4.69, 9.17) is 0 Å². The monoisotopic (exact) mass is 325 g/mol. The Morgan fingerprint density at radius 1 is 1.29 bits per heavy atom. The SMILES string of the molecule is Cc1cc(N2CCCC2)ccc1/C=N\Nc1ccc([N+](=O)[O-])cn1. The van der Waals surface area contributed by atoms with Crippen LogP contribution >= 0.6 is 0 Å². The number of nitrogens with one attached hydrogen (secondary N) is 1. The summed E-state index contributed by atoms with van der Waals surface area (Å²) < 4.78 is 0. The topological polar surface area (TPSA) is 83.7 Å². The number of anilines is 2. The number of benzene rings is 1. The van der Waals surface area contributed by atoms with Gasteiger partial charge in [-0.3, -0.25) is 15.5 Å². The second kappa shape index (κ2) is 7.08. The zero-order chi connectivity index (χ0) is 16.9. The van der Waals surface area contributed by atoms with Gasteiger partial charge in [-0.15, -0.1) is 0 Å².